The lowest BCUT2D eigenvalue weighted by molar-refractivity contribution is -0.142. The van der Waals surface area contributed by atoms with Crippen LogP contribution in [0.2, 0.25) is 0 Å². The largest absolute Gasteiger partial charge is 0.459 e. The van der Waals surface area contributed by atoms with E-state index in [0.717, 1.165) is 21.5 Å². The second-order valence-electron chi connectivity index (χ2n) is 8.32. The maximum absolute atomic E-state index is 15.0. The minimum Gasteiger partial charge on any atom is -0.459 e. The van der Waals surface area contributed by atoms with Gasteiger partial charge in [0.15, 0.2) is 18.6 Å². The number of esters is 2. The number of alkyl halides is 1. The molecule has 1 saturated heterocycles. The third-order valence-electron chi connectivity index (χ3n) is 6.07. The Balaban J connectivity index is 1.29. The summed E-state index contributed by atoms with van der Waals surface area (Å²) in [5.41, 5.74) is 0.634. The van der Waals surface area contributed by atoms with Gasteiger partial charge >= 0.3 is 11.9 Å². The molecule has 1 fully saturated rings. The van der Waals surface area contributed by atoms with Crippen molar-refractivity contribution < 1.29 is 32.9 Å². The fraction of sp³-hybridized carbons (Fsp3) is 0.214. The summed E-state index contributed by atoms with van der Waals surface area (Å²) in [6.45, 7) is -0.304. The lowest BCUT2D eigenvalue weighted by Gasteiger charge is -2.19. The van der Waals surface area contributed by atoms with Crippen LogP contribution in [0.3, 0.4) is 0 Å². The third-order valence-corrected chi connectivity index (χ3v) is 6.07. The van der Waals surface area contributed by atoms with E-state index in [9.17, 15) is 14.0 Å². The van der Waals surface area contributed by atoms with Crippen molar-refractivity contribution in [1.29, 1.82) is 0 Å². The van der Waals surface area contributed by atoms with E-state index in [1.165, 1.54) is 7.11 Å². The SMILES string of the molecule is COC1O[C@H](COC(=O)c2ccc3ccccc3c2)[C@@H](OC(=O)c2ccc3ccccc3c2)[C@@H]1F. The zero-order valence-electron chi connectivity index (χ0n) is 18.9. The highest BCUT2D eigenvalue weighted by Crippen LogP contribution is 2.29. The fourth-order valence-corrected chi connectivity index (χ4v) is 4.21. The van der Waals surface area contributed by atoms with Gasteiger partial charge in [0.2, 0.25) is 0 Å². The van der Waals surface area contributed by atoms with Gasteiger partial charge in [-0.25, -0.2) is 14.0 Å². The topological polar surface area (TPSA) is 71.1 Å². The van der Waals surface area contributed by atoms with Gasteiger partial charge in [-0.1, -0.05) is 60.7 Å². The van der Waals surface area contributed by atoms with Crippen LogP contribution in [0.4, 0.5) is 4.39 Å². The van der Waals surface area contributed by atoms with Crippen LogP contribution in [-0.4, -0.2) is 50.3 Å². The van der Waals surface area contributed by atoms with Gasteiger partial charge in [-0.3, -0.25) is 0 Å². The molecule has 4 aromatic rings. The van der Waals surface area contributed by atoms with Gasteiger partial charge in [-0.05, 0) is 45.8 Å². The molecule has 0 aliphatic carbocycles. The number of hydrogen-bond acceptors (Lipinski definition) is 6. The lowest BCUT2D eigenvalue weighted by atomic mass is 10.1. The van der Waals surface area contributed by atoms with E-state index < -0.39 is 36.6 Å². The summed E-state index contributed by atoms with van der Waals surface area (Å²) in [6, 6.07) is 25.5. The molecule has 0 spiro atoms. The van der Waals surface area contributed by atoms with Crippen molar-refractivity contribution in [2.75, 3.05) is 13.7 Å². The molecule has 0 radical (unpaired) electrons. The molecule has 1 unspecified atom stereocenters. The molecular formula is C28H23FO6. The summed E-state index contributed by atoms with van der Waals surface area (Å²) in [5.74, 6) is -1.29. The van der Waals surface area contributed by atoms with Gasteiger partial charge < -0.3 is 18.9 Å². The highest BCUT2D eigenvalue weighted by Gasteiger charge is 2.48. The van der Waals surface area contributed by atoms with Crippen molar-refractivity contribution in [3.63, 3.8) is 0 Å². The van der Waals surface area contributed by atoms with E-state index in [1.807, 2.05) is 54.6 Å². The van der Waals surface area contributed by atoms with E-state index in [2.05, 4.69) is 0 Å². The van der Waals surface area contributed by atoms with Crippen molar-refractivity contribution in [3.8, 4) is 0 Å². The molecule has 0 aromatic heterocycles. The van der Waals surface area contributed by atoms with Gasteiger partial charge in [0.05, 0.1) is 11.1 Å². The van der Waals surface area contributed by atoms with Crippen LogP contribution in [0, 0.1) is 0 Å². The summed E-state index contributed by atoms with van der Waals surface area (Å²) >= 11 is 0. The van der Waals surface area contributed by atoms with Gasteiger partial charge in [-0.2, -0.15) is 0 Å². The minimum atomic E-state index is -1.74. The van der Waals surface area contributed by atoms with Crippen LogP contribution in [-0.2, 0) is 18.9 Å². The number of carbonyl (C=O) groups excluding carboxylic acids is 2. The van der Waals surface area contributed by atoms with Crippen LogP contribution >= 0.6 is 0 Å². The predicted molar refractivity (Wildman–Crippen MR) is 128 cm³/mol. The molecule has 7 heteroatoms. The summed E-state index contributed by atoms with van der Waals surface area (Å²) < 4.78 is 36.5. The molecular weight excluding hydrogens is 451 g/mol. The number of ether oxygens (including phenoxy) is 4. The van der Waals surface area contributed by atoms with E-state index >= 15 is 0 Å². The van der Waals surface area contributed by atoms with Crippen LogP contribution in [0.15, 0.2) is 84.9 Å². The summed E-state index contributed by atoms with van der Waals surface area (Å²) in [5, 5.41) is 3.71. The summed E-state index contributed by atoms with van der Waals surface area (Å²) in [7, 11) is 1.29. The first-order chi connectivity index (χ1) is 17.0. The Morgan fingerprint density at radius 2 is 1.34 bits per heavy atom. The molecule has 0 amide bonds. The summed E-state index contributed by atoms with van der Waals surface area (Å²) in [6.07, 6.45) is -5.31. The van der Waals surface area contributed by atoms with Gasteiger partial charge in [-0.15, -0.1) is 0 Å². The van der Waals surface area contributed by atoms with Gasteiger partial charge in [0.25, 0.3) is 0 Å². The molecule has 35 heavy (non-hydrogen) atoms. The van der Waals surface area contributed by atoms with Crippen LogP contribution in [0.25, 0.3) is 21.5 Å². The Morgan fingerprint density at radius 3 is 1.91 bits per heavy atom. The first-order valence-electron chi connectivity index (χ1n) is 11.2. The smallest absolute Gasteiger partial charge is 0.338 e. The number of halogens is 1. The number of fused-ring (bicyclic) bond motifs is 2. The Morgan fingerprint density at radius 1 is 0.800 bits per heavy atom. The Bertz CT molecular complexity index is 1390. The number of methoxy groups -OCH3 is 1. The molecule has 1 heterocycles. The molecule has 4 aromatic carbocycles. The van der Waals surface area contributed by atoms with E-state index in [-0.39, 0.29) is 12.2 Å². The van der Waals surface area contributed by atoms with E-state index in [4.69, 9.17) is 18.9 Å². The van der Waals surface area contributed by atoms with Gasteiger partial charge in [0, 0.05) is 7.11 Å². The maximum atomic E-state index is 15.0. The monoisotopic (exact) mass is 474 g/mol. The molecule has 5 rings (SSSR count). The number of benzene rings is 4. The van der Waals surface area contributed by atoms with Crippen molar-refractivity contribution >= 4 is 33.5 Å². The van der Waals surface area contributed by atoms with E-state index in [1.54, 1.807) is 30.3 Å². The van der Waals surface area contributed by atoms with Crippen LogP contribution in [0.5, 0.6) is 0 Å². The first-order valence-corrected chi connectivity index (χ1v) is 11.2. The molecule has 0 bridgehead atoms. The zero-order valence-corrected chi connectivity index (χ0v) is 18.9. The van der Waals surface area contributed by atoms with Crippen molar-refractivity contribution in [1.82, 2.24) is 0 Å². The molecule has 0 N–H and O–H groups in total. The molecule has 178 valence electrons. The lowest BCUT2D eigenvalue weighted by Crippen LogP contribution is -2.37. The number of hydrogen-bond donors (Lipinski definition) is 0. The first kappa shape index (κ1) is 23.0. The Labute approximate surface area is 201 Å². The third kappa shape index (κ3) is 4.73. The second-order valence-corrected chi connectivity index (χ2v) is 8.32. The zero-order chi connectivity index (χ0) is 24.4. The fourth-order valence-electron chi connectivity index (χ4n) is 4.21. The Hall–Kier alpha value is -3.81. The predicted octanol–water partition coefficient (Wildman–Crippen LogP) is 5.08. The molecule has 1 aliphatic rings. The van der Waals surface area contributed by atoms with Crippen molar-refractivity contribution in [2.24, 2.45) is 0 Å². The average molecular weight is 474 g/mol. The number of carbonyl (C=O) groups is 2. The standard InChI is InChI=1S/C28H23FO6/c1-32-28-24(29)25(35-27(31)22-13-11-18-7-3-5-9-20(18)15-22)23(34-28)16-33-26(30)21-12-10-17-6-2-4-8-19(17)14-21/h2-15,23-25,28H,16H2,1H3/t23-,24+,25-,28?/m1/s1. The molecule has 0 saturated carbocycles. The van der Waals surface area contributed by atoms with Crippen molar-refractivity contribution in [2.45, 2.75) is 24.7 Å². The highest BCUT2D eigenvalue weighted by atomic mass is 19.1. The number of rotatable bonds is 6. The quantitative estimate of drug-likeness (QED) is 0.363. The van der Waals surface area contributed by atoms with Crippen molar-refractivity contribution in [3.05, 3.63) is 96.1 Å². The minimum absolute atomic E-state index is 0.281. The Kier molecular flexibility index (Phi) is 6.44. The second kappa shape index (κ2) is 9.82. The van der Waals surface area contributed by atoms with Crippen LogP contribution in [0.1, 0.15) is 20.7 Å². The molecule has 1 aliphatic heterocycles. The molecule has 4 atom stereocenters. The summed E-state index contributed by atoms with van der Waals surface area (Å²) in [4.78, 5) is 25.5. The van der Waals surface area contributed by atoms with Gasteiger partial charge in [0.1, 0.15) is 12.7 Å². The maximum Gasteiger partial charge on any atom is 0.338 e. The highest BCUT2D eigenvalue weighted by molar-refractivity contribution is 5.96. The molecule has 6 nitrogen and oxygen atoms in total. The normalized spacial score (nSPS) is 21.8. The van der Waals surface area contributed by atoms with Crippen LogP contribution < -0.4 is 0 Å². The van der Waals surface area contributed by atoms with E-state index in [0.29, 0.717) is 5.56 Å². The average Bonchev–Trinajstić information content (AvgIpc) is 3.20.